The number of nitrogens with two attached hydrogens (primary N) is 1. The highest BCUT2D eigenvalue weighted by Crippen LogP contribution is 2.18. The van der Waals surface area contributed by atoms with E-state index in [1.54, 1.807) is 24.4 Å². The van der Waals surface area contributed by atoms with Gasteiger partial charge in [-0.25, -0.2) is 4.98 Å². The number of ketones is 1. The van der Waals surface area contributed by atoms with E-state index in [1.807, 2.05) is 25.1 Å². The van der Waals surface area contributed by atoms with Gasteiger partial charge in [-0.1, -0.05) is 30.3 Å². The van der Waals surface area contributed by atoms with Gasteiger partial charge in [0.05, 0.1) is 5.56 Å². The maximum absolute atomic E-state index is 12.2. The van der Waals surface area contributed by atoms with E-state index in [-0.39, 0.29) is 11.6 Å². The highest BCUT2D eigenvalue weighted by atomic mass is 16.1. The minimum atomic E-state index is -0.0799. The highest BCUT2D eigenvalue weighted by molar-refractivity contribution is 6.12. The number of pyridine rings is 1. The van der Waals surface area contributed by atoms with Gasteiger partial charge in [-0.15, -0.1) is 0 Å². The zero-order valence-electron chi connectivity index (χ0n) is 8.97. The first kappa shape index (κ1) is 10.4. The summed E-state index contributed by atoms with van der Waals surface area (Å²) in [5, 5.41) is 0. The molecule has 0 saturated carbocycles. The van der Waals surface area contributed by atoms with E-state index in [0.717, 1.165) is 5.56 Å². The molecule has 0 aliphatic carbocycles. The first-order valence-electron chi connectivity index (χ1n) is 5.01. The second-order valence-corrected chi connectivity index (χ2v) is 3.58. The van der Waals surface area contributed by atoms with Crippen molar-refractivity contribution >= 4 is 11.6 Å². The summed E-state index contributed by atoms with van der Waals surface area (Å²) in [5.74, 6) is 0.206. The summed E-state index contributed by atoms with van der Waals surface area (Å²) in [6, 6.07) is 10.9. The molecule has 16 heavy (non-hydrogen) atoms. The van der Waals surface area contributed by atoms with Crippen LogP contribution in [-0.4, -0.2) is 10.8 Å². The van der Waals surface area contributed by atoms with Gasteiger partial charge in [-0.2, -0.15) is 0 Å². The third kappa shape index (κ3) is 1.80. The Morgan fingerprint density at radius 1 is 1.19 bits per heavy atom. The van der Waals surface area contributed by atoms with E-state index in [2.05, 4.69) is 4.98 Å². The lowest BCUT2D eigenvalue weighted by molar-refractivity contribution is 0.103. The number of nitrogens with zero attached hydrogens (tertiary/aromatic N) is 1. The predicted molar refractivity (Wildman–Crippen MR) is 63.3 cm³/mol. The highest BCUT2D eigenvalue weighted by Gasteiger charge is 2.14. The molecule has 0 saturated heterocycles. The van der Waals surface area contributed by atoms with Crippen molar-refractivity contribution < 1.29 is 4.79 Å². The van der Waals surface area contributed by atoms with Crippen LogP contribution >= 0.6 is 0 Å². The number of aromatic nitrogens is 1. The van der Waals surface area contributed by atoms with E-state index in [0.29, 0.717) is 11.1 Å². The number of nitrogen functional groups attached to an aromatic ring is 1. The number of hydrogen-bond donors (Lipinski definition) is 1. The van der Waals surface area contributed by atoms with Crippen molar-refractivity contribution in [2.24, 2.45) is 0 Å². The Bertz CT molecular complexity index is 500. The van der Waals surface area contributed by atoms with E-state index in [9.17, 15) is 4.79 Å². The summed E-state index contributed by atoms with van der Waals surface area (Å²) >= 11 is 0. The molecule has 0 radical (unpaired) electrons. The molecule has 1 heterocycles. The Morgan fingerprint density at radius 3 is 2.50 bits per heavy atom. The van der Waals surface area contributed by atoms with Crippen molar-refractivity contribution in [2.45, 2.75) is 6.92 Å². The zero-order valence-corrected chi connectivity index (χ0v) is 8.97. The lowest BCUT2D eigenvalue weighted by Crippen LogP contribution is -2.08. The van der Waals surface area contributed by atoms with Crippen LogP contribution in [0.2, 0.25) is 0 Å². The quantitative estimate of drug-likeness (QED) is 0.776. The third-order valence-corrected chi connectivity index (χ3v) is 2.45. The Morgan fingerprint density at radius 2 is 1.88 bits per heavy atom. The van der Waals surface area contributed by atoms with Crippen molar-refractivity contribution in [1.29, 1.82) is 0 Å². The molecule has 3 heteroatoms. The first-order valence-corrected chi connectivity index (χ1v) is 5.01. The van der Waals surface area contributed by atoms with Crippen molar-refractivity contribution in [3.63, 3.8) is 0 Å². The molecule has 1 aromatic carbocycles. The van der Waals surface area contributed by atoms with Crippen LogP contribution in [0.15, 0.2) is 42.6 Å². The Kier molecular flexibility index (Phi) is 2.68. The monoisotopic (exact) mass is 212 g/mol. The fraction of sp³-hybridized carbons (Fsp3) is 0.0769. The number of anilines is 1. The van der Waals surface area contributed by atoms with Gasteiger partial charge in [0.1, 0.15) is 5.82 Å². The van der Waals surface area contributed by atoms with Gasteiger partial charge in [0.2, 0.25) is 0 Å². The normalized spacial score (nSPS) is 10.1. The SMILES string of the molecule is Cc1ccnc(N)c1C(=O)c1ccccc1. The average molecular weight is 212 g/mol. The summed E-state index contributed by atoms with van der Waals surface area (Å²) in [4.78, 5) is 16.1. The topological polar surface area (TPSA) is 56.0 Å². The van der Waals surface area contributed by atoms with Crippen molar-refractivity contribution in [3.8, 4) is 0 Å². The van der Waals surface area contributed by atoms with E-state index >= 15 is 0 Å². The number of carbonyl (C=O) groups is 1. The van der Waals surface area contributed by atoms with Crippen molar-refractivity contribution in [1.82, 2.24) is 4.98 Å². The van der Waals surface area contributed by atoms with Gasteiger partial charge in [0, 0.05) is 11.8 Å². The molecule has 3 nitrogen and oxygen atoms in total. The van der Waals surface area contributed by atoms with Crippen LogP contribution in [0.25, 0.3) is 0 Å². The molecule has 0 aliphatic rings. The summed E-state index contributed by atoms with van der Waals surface area (Å²) in [6.07, 6.45) is 1.60. The molecule has 0 unspecified atom stereocenters. The maximum atomic E-state index is 12.2. The number of benzene rings is 1. The molecular formula is C13H12N2O. The van der Waals surface area contributed by atoms with Crippen LogP contribution in [0.5, 0.6) is 0 Å². The van der Waals surface area contributed by atoms with Crippen LogP contribution in [-0.2, 0) is 0 Å². The lowest BCUT2D eigenvalue weighted by atomic mass is 10.0. The molecule has 0 fully saturated rings. The molecule has 0 amide bonds. The largest absolute Gasteiger partial charge is 0.383 e. The molecule has 0 atom stereocenters. The average Bonchev–Trinajstić information content (AvgIpc) is 2.30. The lowest BCUT2D eigenvalue weighted by Gasteiger charge is -2.06. The van der Waals surface area contributed by atoms with Gasteiger partial charge >= 0.3 is 0 Å². The standard InChI is InChI=1S/C13H12N2O/c1-9-7-8-15-13(14)11(9)12(16)10-5-3-2-4-6-10/h2-8H,1H3,(H2,14,15). The fourth-order valence-electron chi connectivity index (χ4n) is 1.61. The van der Waals surface area contributed by atoms with Gasteiger partial charge in [0.15, 0.2) is 5.78 Å². The summed E-state index contributed by atoms with van der Waals surface area (Å²) < 4.78 is 0. The molecule has 80 valence electrons. The van der Waals surface area contributed by atoms with Crippen LogP contribution in [0, 0.1) is 6.92 Å². The van der Waals surface area contributed by atoms with Crippen molar-refractivity contribution in [2.75, 3.05) is 5.73 Å². The maximum Gasteiger partial charge on any atom is 0.196 e. The molecule has 2 aromatic rings. The second-order valence-electron chi connectivity index (χ2n) is 3.58. The van der Waals surface area contributed by atoms with Gasteiger partial charge in [-0.3, -0.25) is 4.79 Å². The first-order chi connectivity index (χ1) is 7.70. The Hall–Kier alpha value is -2.16. The Balaban J connectivity index is 2.50. The van der Waals surface area contributed by atoms with Crippen LogP contribution in [0.4, 0.5) is 5.82 Å². The summed E-state index contributed by atoms with van der Waals surface area (Å²) in [7, 11) is 0. The molecular weight excluding hydrogens is 200 g/mol. The van der Waals surface area contributed by atoms with E-state index in [4.69, 9.17) is 5.73 Å². The predicted octanol–water partition coefficient (Wildman–Crippen LogP) is 2.20. The molecule has 0 spiro atoms. The smallest absolute Gasteiger partial charge is 0.196 e. The molecule has 0 aliphatic heterocycles. The van der Waals surface area contributed by atoms with Gasteiger partial charge in [0.25, 0.3) is 0 Å². The van der Waals surface area contributed by atoms with E-state index < -0.39 is 0 Å². The van der Waals surface area contributed by atoms with Crippen LogP contribution < -0.4 is 5.73 Å². The minimum Gasteiger partial charge on any atom is -0.383 e. The zero-order chi connectivity index (χ0) is 11.5. The van der Waals surface area contributed by atoms with Crippen LogP contribution in [0.1, 0.15) is 21.5 Å². The summed E-state index contributed by atoms with van der Waals surface area (Å²) in [6.45, 7) is 1.86. The van der Waals surface area contributed by atoms with Crippen LogP contribution in [0.3, 0.4) is 0 Å². The fourth-order valence-corrected chi connectivity index (χ4v) is 1.61. The van der Waals surface area contributed by atoms with Gasteiger partial charge in [-0.05, 0) is 18.6 Å². The minimum absolute atomic E-state index is 0.0799. The molecule has 2 N–H and O–H groups in total. The third-order valence-electron chi connectivity index (χ3n) is 2.45. The number of aryl methyl sites for hydroxylation is 1. The van der Waals surface area contributed by atoms with E-state index in [1.165, 1.54) is 0 Å². The number of rotatable bonds is 2. The molecule has 2 rings (SSSR count). The van der Waals surface area contributed by atoms with Crippen molar-refractivity contribution in [3.05, 3.63) is 59.3 Å². The second kappa shape index (κ2) is 4.14. The number of hydrogen-bond acceptors (Lipinski definition) is 3. The van der Waals surface area contributed by atoms with Gasteiger partial charge < -0.3 is 5.73 Å². The number of carbonyl (C=O) groups excluding carboxylic acids is 1. The summed E-state index contributed by atoms with van der Waals surface area (Å²) in [5.41, 5.74) is 7.70. The molecule has 1 aromatic heterocycles. The Labute approximate surface area is 93.9 Å². The molecule has 0 bridgehead atoms.